The maximum atomic E-state index is 2.37. The zero-order valence-electron chi connectivity index (χ0n) is 14.5. The lowest BCUT2D eigenvalue weighted by Gasteiger charge is -2.30. The monoisotopic (exact) mass is 276 g/mol. The van der Waals surface area contributed by atoms with Gasteiger partial charge in [0.15, 0.2) is 0 Å². The largest absolute Gasteiger partial charge is 0.139 e. The molecule has 0 aliphatic rings. The number of hydrogen-bond acceptors (Lipinski definition) is 0. The van der Waals surface area contributed by atoms with Crippen LogP contribution in [-0.4, -0.2) is 15.7 Å². The van der Waals surface area contributed by atoms with Crippen LogP contribution in [-0.2, 0) is 10.8 Å². The van der Waals surface area contributed by atoms with Gasteiger partial charge in [0.2, 0.25) is 0 Å². The maximum Gasteiger partial charge on any atom is 0.139 e. The summed E-state index contributed by atoms with van der Waals surface area (Å²) in [6.07, 6.45) is 0. The lowest BCUT2D eigenvalue weighted by atomic mass is 9.70. The Kier molecular flexibility index (Phi) is 4.10. The Morgan fingerprint density at radius 3 is 1.95 bits per heavy atom. The quantitative estimate of drug-likeness (QED) is 0.734. The summed E-state index contributed by atoms with van der Waals surface area (Å²) >= 11 is 0. The van der Waals surface area contributed by atoms with Crippen LogP contribution in [0.4, 0.5) is 0 Å². The van der Waals surface area contributed by atoms with E-state index < -0.39 is 0 Å². The zero-order chi connectivity index (χ0) is 15.8. The highest BCUT2D eigenvalue weighted by Crippen LogP contribution is 2.33. The average Bonchev–Trinajstić information content (AvgIpc) is 2.37. The predicted octanol–water partition coefficient (Wildman–Crippen LogP) is 1.83. The predicted molar refractivity (Wildman–Crippen MR) is 100 cm³/mol. The molecule has 2 aromatic rings. The molecule has 0 unspecified atom stereocenters. The van der Waals surface area contributed by atoms with Crippen LogP contribution in [0.1, 0.15) is 51.3 Å². The summed E-state index contributed by atoms with van der Waals surface area (Å²) in [6.45, 7) is 11.5. The van der Waals surface area contributed by atoms with Crippen molar-refractivity contribution in [2.75, 3.05) is 0 Å². The van der Waals surface area contributed by atoms with Crippen molar-refractivity contribution in [2.45, 2.75) is 45.4 Å². The van der Waals surface area contributed by atoms with Crippen molar-refractivity contribution < 1.29 is 0 Å². The molecule has 0 saturated carbocycles. The first-order chi connectivity index (χ1) is 9.62. The molecule has 0 bridgehead atoms. The van der Waals surface area contributed by atoms with E-state index in [0.29, 0.717) is 0 Å². The van der Waals surface area contributed by atoms with Crippen LogP contribution in [0.5, 0.6) is 0 Å². The smallest absolute Gasteiger partial charge is 0.0895 e. The van der Waals surface area contributed by atoms with Gasteiger partial charge in [-0.25, -0.2) is 0 Å². The summed E-state index contributed by atoms with van der Waals surface area (Å²) in [5, 5.41) is 0. The Balaban J connectivity index is 2.53. The molecule has 0 atom stereocenters. The van der Waals surface area contributed by atoms with E-state index in [4.69, 9.17) is 0 Å². The third-order valence-corrected chi connectivity index (χ3v) is 4.51. The molecular weight excluding hydrogens is 250 g/mol. The van der Waals surface area contributed by atoms with Gasteiger partial charge in [-0.2, -0.15) is 0 Å². The minimum Gasteiger partial charge on any atom is -0.0895 e. The Bertz CT molecular complexity index is 649. The number of benzene rings is 2. The molecule has 0 saturated heterocycles. The molecule has 21 heavy (non-hydrogen) atoms. The fourth-order valence-corrected chi connectivity index (χ4v) is 3.04. The van der Waals surface area contributed by atoms with Gasteiger partial charge in [-0.3, -0.25) is 0 Å². The molecule has 108 valence electrons. The summed E-state index contributed by atoms with van der Waals surface area (Å²) < 4.78 is 0. The van der Waals surface area contributed by atoms with Crippen LogP contribution in [0.3, 0.4) is 0 Å². The SMILES string of the molecule is Bc1ccc(C(C)(C)c2cccc(C(C)(C)C)c2)c(B)c1. The highest BCUT2D eigenvalue weighted by atomic mass is 14.3. The molecule has 0 aliphatic carbocycles. The Morgan fingerprint density at radius 1 is 0.762 bits per heavy atom. The molecule has 0 radical (unpaired) electrons. The highest BCUT2D eigenvalue weighted by Gasteiger charge is 2.26. The fraction of sp³-hybridized carbons (Fsp3) is 0.368. The molecule has 0 aliphatic heterocycles. The van der Waals surface area contributed by atoms with Gasteiger partial charge in [0, 0.05) is 5.41 Å². The van der Waals surface area contributed by atoms with Crippen molar-refractivity contribution in [1.82, 2.24) is 0 Å². The van der Waals surface area contributed by atoms with Crippen LogP contribution in [0.25, 0.3) is 0 Å². The van der Waals surface area contributed by atoms with Crippen molar-refractivity contribution in [3.63, 3.8) is 0 Å². The van der Waals surface area contributed by atoms with E-state index in [2.05, 4.69) is 92.8 Å². The van der Waals surface area contributed by atoms with E-state index in [1.807, 2.05) is 0 Å². The molecule has 0 heterocycles. The lowest BCUT2D eigenvalue weighted by molar-refractivity contribution is 0.582. The van der Waals surface area contributed by atoms with Gasteiger partial charge in [0.1, 0.15) is 15.7 Å². The molecule has 0 nitrogen and oxygen atoms in total. The first-order valence-corrected chi connectivity index (χ1v) is 7.81. The minimum absolute atomic E-state index is 0.0268. The highest BCUT2D eigenvalue weighted by molar-refractivity contribution is 6.38. The van der Waals surface area contributed by atoms with E-state index in [9.17, 15) is 0 Å². The van der Waals surface area contributed by atoms with Crippen LogP contribution >= 0.6 is 0 Å². The topological polar surface area (TPSA) is 0 Å². The second kappa shape index (κ2) is 5.40. The normalized spacial score (nSPS) is 12.4. The Hall–Kier alpha value is -1.43. The molecule has 2 aromatic carbocycles. The first-order valence-electron chi connectivity index (χ1n) is 7.81. The third-order valence-electron chi connectivity index (χ3n) is 4.51. The van der Waals surface area contributed by atoms with Crippen molar-refractivity contribution in [3.05, 3.63) is 59.2 Å². The molecule has 2 heteroatoms. The average molecular weight is 276 g/mol. The Morgan fingerprint density at radius 2 is 1.38 bits per heavy atom. The molecule has 0 aromatic heterocycles. The third kappa shape index (κ3) is 3.26. The molecule has 0 N–H and O–H groups in total. The van der Waals surface area contributed by atoms with Gasteiger partial charge in [-0.05, 0) is 22.1 Å². The van der Waals surface area contributed by atoms with Crippen LogP contribution in [0, 0.1) is 0 Å². The molecular formula is C19H26B2. The van der Waals surface area contributed by atoms with Gasteiger partial charge >= 0.3 is 0 Å². The van der Waals surface area contributed by atoms with E-state index in [1.165, 1.54) is 27.6 Å². The standard InChI is InChI=1S/C19H26B2/c1-18(2,3)13-7-6-8-14(11-13)19(4,5)16-10-9-15(20)12-17(16)21/h6-12H,20-21H2,1-5H3. The van der Waals surface area contributed by atoms with Gasteiger partial charge in [0.05, 0.1) is 0 Å². The second-order valence-corrected chi connectivity index (χ2v) is 7.77. The van der Waals surface area contributed by atoms with Crippen molar-refractivity contribution in [2.24, 2.45) is 0 Å². The van der Waals surface area contributed by atoms with E-state index in [1.54, 1.807) is 0 Å². The molecule has 0 amide bonds. The van der Waals surface area contributed by atoms with E-state index >= 15 is 0 Å². The van der Waals surface area contributed by atoms with Gasteiger partial charge < -0.3 is 0 Å². The first kappa shape index (κ1) is 15.9. The summed E-state index contributed by atoms with van der Waals surface area (Å²) in [7, 11) is 4.38. The van der Waals surface area contributed by atoms with Crippen LogP contribution < -0.4 is 10.9 Å². The number of hydrogen-bond donors (Lipinski definition) is 0. The summed E-state index contributed by atoms with van der Waals surface area (Å²) in [4.78, 5) is 0. The van der Waals surface area contributed by atoms with E-state index in [-0.39, 0.29) is 10.8 Å². The zero-order valence-corrected chi connectivity index (χ0v) is 14.5. The molecule has 0 fully saturated rings. The van der Waals surface area contributed by atoms with Gasteiger partial charge in [-0.15, -0.1) is 0 Å². The van der Waals surface area contributed by atoms with E-state index in [0.717, 1.165) is 0 Å². The summed E-state index contributed by atoms with van der Waals surface area (Å²) in [5.74, 6) is 0. The van der Waals surface area contributed by atoms with Gasteiger partial charge in [0.25, 0.3) is 0 Å². The minimum atomic E-state index is 0.0268. The Labute approximate surface area is 131 Å². The second-order valence-electron chi connectivity index (χ2n) is 7.77. The van der Waals surface area contributed by atoms with Crippen molar-refractivity contribution in [1.29, 1.82) is 0 Å². The summed E-state index contributed by atoms with van der Waals surface area (Å²) in [6, 6.07) is 15.9. The fourth-order valence-electron chi connectivity index (χ4n) is 3.04. The van der Waals surface area contributed by atoms with Crippen LogP contribution in [0.2, 0.25) is 0 Å². The van der Waals surface area contributed by atoms with Crippen molar-refractivity contribution in [3.8, 4) is 0 Å². The van der Waals surface area contributed by atoms with Crippen molar-refractivity contribution >= 4 is 26.6 Å². The van der Waals surface area contributed by atoms with Gasteiger partial charge in [-0.1, -0.05) is 88.0 Å². The summed E-state index contributed by atoms with van der Waals surface area (Å²) in [5.41, 5.74) is 7.13. The molecule has 2 rings (SSSR count). The molecule has 0 spiro atoms. The van der Waals surface area contributed by atoms with Crippen LogP contribution in [0.15, 0.2) is 42.5 Å². The lowest BCUT2D eigenvalue weighted by Crippen LogP contribution is -2.30. The maximum absolute atomic E-state index is 2.37. The number of rotatable bonds is 2.